The summed E-state index contributed by atoms with van der Waals surface area (Å²) in [6.45, 7) is 0. The molecule has 1 aromatic heterocycles. The van der Waals surface area contributed by atoms with Crippen LogP contribution >= 0.6 is 15.9 Å². The van der Waals surface area contributed by atoms with E-state index >= 15 is 0 Å². The molecule has 2 aromatic rings. The first kappa shape index (κ1) is 11.7. The number of nitrogens with one attached hydrogen (secondary N) is 1. The van der Waals surface area contributed by atoms with Gasteiger partial charge in [-0.15, -0.1) is 0 Å². The Morgan fingerprint density at radius 3 is 2.76 bits per heavy atom. The van der Waals surface area contributed by atoms with Gasteiger partial charge in [-0.05, 0) is 28.1 Å². The van der Waals surface area contributed by atoms with Gasteiger partial charge in [0.1, 0.15) is 5.75 Å². The van der Waals surface area contributed by atoms with Crippen LogP contribution in [0.1, 0.15) is 0 Å². The number of hydrogen-bond donors (Lipinski definition) is 2. The molecule has 0 saturated carbocycles. The van der Waals surface area contributed by atoms with Gasteiger partial charge in [-0.25, -0.2) is 9.97 Å². The van der Waals surface area contributed by atoms with E-state index in [1.54, 1.807) is 19.5 Å². The first-order valence-electron chi connectivity index (χ1n) is 4.88. The number of rotatable bonds is 3. The molecule has 0 unspecified atom stereocenters. The average molecular weight is 295 g/mol. The van der Waals surface area contributed by atoms with Gasteiger partial charge in [0.2, 0.25) is 0 Å². The monoisotopic (exact) mass is 294 g/mol. The van der Waals surface area contributed by atoms with Gasteiger partial charge in [0.15, 0.2) is 11.6 Å². The summed E-state index contributed by atoms with van der Waals surface area (Å²) in [7, 11) is 1.61. The third-order valence-electron chi connectivity index (χ3n) is 2.15. The first-order chi connectivity index (χ1) is 8.20. The Kier molecular flexibility index (Phi) is 3.43. The van der Waals surface area contributed by atoms with Gasteiger partial charge in [0, 0.05) is 22.9 Å². The van der Waals surface area contributed by atoms with Crippen LogP contribution < -0.4 is 15.8 Å². The molecule has 17 heavy (non-hydrogen) atoms. The smallest absolute Gasteiger partial charge is 0.173 e. The number of hydrogen-bond acceptors (Lipinski definition) is 5. The van der Waals surface area contributed by atoms with Crippen molar-refractivity contribution in [1.29, 1.82) is 0 Å². The molecule has 0 fully saturated rings. The van der Waals surface area contributed by atoms with Crippen LogP contribution in [-0.4, -0.2) is 17.1 Å². The summed E-state index contributed by atoms with van der Waals surface area (Å²) in [5.74, 6) is 1.61. The standard InChI is InChI=1S/C11H11BrN4O/c1-17-7-2-3-8(12)9(6-7)16-11-10(13)14-4-5-15-11/h2-6H,1H3,(H2,13,14)(H,15,16). The van der Waals surface area contributed by atoms with E-state index in [2.05, 4.69) is 31.2 Å². The largest absolute Gasteiger partial charge is 0.497 e. The highest BCUT2D eigenvalue weighted by atomic mass is 79.9. The lowest BCUT2D eigenvalue weighted by Crippen LogP contribution is -2.01. The van der Waals surface area contributed by atoms with Crippen molar-refractivity contribution < 1.29 is 4.74 Å². The molecule has 0 aliphatic heterocycles. The molecule has 88 valence electrons. The highest BCUT2D eigenvalue weighted by Crippen LogP contribution is 2.30. The lowest BCUT2D eigenvalue weighted by Gasteiger charge is -2.10. The van der Waals surface area contributed by atoms with Crippen molar-refractivity contribution in [2.75, 3.05) is 18.2 Å². The summed E-state index contributed by atoms with van der Waals surface area (Å²) in [5.41, 5.74) is 6.52. The van der Waals surface area contributed by atoms with E-state index < -0.39 is 0 Å². The molecular weight excluding hydrogens is 284 g/mol. The Labute approximate surface area is 107 Å². The van der Waals surface area contributed by atoms with Crippen LogP contribution in [0.5, 0.6) is 5.75 Å². The summed E-state index contributed by atoms with van der Waals surface area (Å²) in [6, 6.07) is 5.58. The van der Waals surface area contributed by atoms with Crippen molar-refractivity contribution in [2.24, 2.45) is 0 Å². The molecule has 0 bridgehead atoms. The van der Waals surface area contributed by atoms with E-state index in [1.807, 2.05) is 18.2 Å². The Bertz CT molecular complexity index is 533. The number of aromatic nitrogens is 2. The minimum Gasteiger partial charge on any atom is -0.497 e. The third kappa shape index (κ3) is 2.65. The number of anilines is 3. The van der Waals surface area contributed by atoms with Crippen LogP contribution in [-0.2, 0) is 0 Å². The molecule has 2 rings (SSSR count). The van der Waals surface area contributed by atoms with Gasteiger partial charge in [-0.3, -0.25) is 0 Å². The van der Waals surface area contributed by atoms with Crippen molar-refractivity contribution >= 4 is 33.3 Å². The molecule has 1 heterocycles. The second-order valence-corrected chi connectivity index (χ2v) is 4.12. The zero-order valence-electron chi connectivity index (χ0n) is 9.14. The molecular formula is C11H11BrN4O. The van der Waals surface area contributed by atoms with Crippen LogP contribution in [0.4, 0.5) is 17.3 Å². The summed E-state index contributed by atoms with van der Waals surface area (Å²) in [4.78, 5) is 8.06. The number of halogens is 1. The Morgan fingerprint density at radius 2 is 2.06 bits per heavy atom. The lowest BCUT2D eigenvalue weighted by molar-refractivity contribution is 0.415. The van der Waals surface area contributed by atoms with Crippen LogP contribution in [0.2, 0.25) is 0 Å². The van der Waals surface area contributed by atoms with Crippen LogP contribution in [0.15, 0.2) is 35.1 Å². The molecule has 6 heteroatoms. The molecule has 0 aliphatic rings. The van der Waals surface area contributed by atoms with Gasteiger partial charge in [0.25, 0.3) is 0 Å². The van der Waals surface area contributed by atoms with Crippen molar-refractivity contribution in [3.8, 4) is 5.75 Å². The predicted octanol–water partition coefficient (Wildman–Crippen LogP) is 2.57. The van der Waals surface area contributed by atoms with Crippen molar-refractivity contribution in [2.45, 2.75) is 0 Å². The number of nitrogen functional groups attached to an aromatic ring is 1. The fraction of sp³-hybridized carbons (Fsp3) is 0.0909. The SMILES string of the molecule is COc1ccc(Br)c(Nc2nccnc2N)c1. The fourth-order valence-electron chi connectivity index (χ4n) is 1.30. The molecule has 5 nitrogen and oxygen atoms in total. The molecule has 0 saturated heterocycles. The van der Waals surface area contributed by atoms with Crippen molar-refractivity contribution in [3.63, 3.8) is 0 Å². The summed E-state index contributed by atoms with van der Waals surface area (Å²) >= 11 is 3.43. The topological polar surface area (TPSA) is 73.1 Å². The van der Waals surface area contributed by atoms with Gasteiger partial charge >= 0.3 is 0 Å². The highest BCUT2D eigenvalue weighted by Gasteiger charge is 2.06. The van der Waals surface area contributed by atoms with E-state index in [4.69, 9.17) is 10.5 Å². The summed E-state index contributed by atoms with van der Waals surface area (Å²) in [6.07, 6.45) is 3.12. The minimum absolute atomic E-state index is 0.349. The lowest BCUT2D eigenvalue weighted by atomic mass is 10.3. The Hall–Kier alpha value is -1.82. The fourth-order valence-corrected chi connectivity index (χ4v) is 1.65. The summed E-state index contributed by atoms with van der Waals surface area (Å²) in [5, 5.41) is 3.09. The van der Waals surface area contributed by atoms with E-state index in [0.29, 0.717) is 11.6 Å². The zero-order valence-corrected chi connectivity index (χ0v) is 10.7. The minimum atomic E-state index is 0.349. The summed E-state index contributed by atoms with van der Waals surface area (Å²) < 4.78 is 6.04. The van der Waals surface area contributed by atoms with E-state index in [9.17, 15) is 0 Å². The van der Waals surface area contributed by atoms with Crippen molar-refractivity contribution in [3.05, 3.63) is 35.1 Å². The molecule has 3 N–H and O–H groups in total. The molecule has 0 aliphatic carbocycles. The maximum Gasteiger partial charge on any atom is 0.173 e. The Morgan fingerprint density at radius 1 is 1.29 bits per heavy atom. The molecule has 0 spiro atoms. The maximum absolute atomic E-state index is 5.71. The quantitative estimate of drug-likeness (QED) is 0.910. The predicted molar refractivity (Wildman–Crippen MR) is 70.4 cm³/mol. The zero-order chi connectivity index (χ0) is 12.3. The van der Waals surface area contributed by atoms with Crippen LogP contribution in [0.25, 0.3) is 0 Å². The van der Waals surface area contributed by atoms with E-state index in [0.717, 1.165) is 15.9 Å². The second kappa shape index (κ2) is 5.01. The van der Waals surface area contributed by atoms with Crippen LogP contribution in [0, 0.1) is 0 Å². The van der Waals surface area contributed by atoms with Gasteiger partial charge < -0.3 is 15.8 Å². The number of benzene rings is 1. The first-order valence-corrected chi connectivity index (χ1v) is 5.67. The maximum atomic E-state index is 5.71. The van der Waals surface area contributed by atoms with Crippen molar-refractivity contribution in [1.82, 2.24) is 9.97 Å². The molecule has 0 radical (unpaired) electrons. The highest BCUT2D eigenvalue weighted by molar-refractivity contribution is 9.10. The van der Waals surface area contributed by atoms with Crippen LogP contribution in [0.3, 0.4) is 0 Å². The van der Waals surface area contributed by atoms with Gasteiger partial charge in [-0.1, -0.05) is 0 Å². The van der Waals surface area contributed by atoms with E-state index in [-0.39, 0.29) is 0 Å². The number of ether oxygens (including phenoxy) is 1. The number of methoxy groups -OCH3 is 1. The molecule has 1 aromatic carbocycles. The van der Waals surface area contributed by atoms with E-state index in [1.165, 1.54) is 0 Å². The second-order valence-electron chi connectivity index (χ2n) is 3.26. The number of nitrogens with two attached hydrogens (primary N) is 1. The normalized spacial score (nSPS) is 10.0. The Balaban J connectivity index is 2.32. The molecule has 0 atom stereocenters. The third-order valence-corrected chi connectivity index (χ3v) is 2.84. The van der Waals surface area contributed by atoms with Gasteiger partial charge in [0.05, 0.1) is 12.8 Å². The number of nitrogens with zero attached hydrogens (tertiary/aromatic N) is 2. The molecule has 0 amide bonds. The van der Waals surface area contributed by atoms with Gasteiger partial charge in [-0.2, -0.15) is 0 Å². The average Bonchev–Trinajstić information content (AvgIpc) is 2.35.